The van der Waals surface area contributed by atoms with Crippen LogP contribution in [0.4, 0.5) is 0 Å². The number of hydrogen-bond donors (Lipinski definition) is 2. The molecule has 12 heavy (non-hydrogen) atoms. The number of carboxylic acids is 1. The molecule has 0 spiro atoms. The molecule has 0 aliphatic rings. The van der Waals surface area contributed by atoms with E-state index in [0.29, 0.717) is 6.04 Å². The number of hydrogen-bond acceptors (Lipinski definition) is 2. The van der Waals surface area contributed by atoms with Crippen molar-refractivity contribution in [3.63, 3.8) is 0 Å². The van der Waals surface area contributed by atoms with Crippen LogP contribution in [0.1, 0.15) is 39.5 Å². The molecule has 3 heteroatoms. The number of unbranched alkanes of at least 4 members (excludes halogenated alkanes) is 1. The van der Waals surface area contributed by atoms with Gasteiger partial charge in [0.05, 0.1) is 0 Å². The van der Waals surface area contributed by atoms with E-state index in [0.717, 1.165) is 19.4 Å². The van der Waals surface area contributed by atoms with Crippen LogP contribution < -0.4 is 5.32 Å². The van der Waals surface area contributed by atoms with Crippen molar-refractivity contribution in [3.05, 3.63) is 0 Å². The Labute approximate surface area is 74.2 Å². The average molecular weight is 173 g/mol. The summed E-state index contributed by atoms with van der Waals surface area (Å²) in [5.41, 5.74) is 0. The highest BCUT2D eigenvalue weighted by atomic mass is 16.4. The minimum Gasteiger partial charge on any atom is -0.481 e. The molecule has 0 bridgehead atoms. The second kappa shape index (κ2) is 7.10. The lowest BCUT2D eigenvalue weighted by molar-refractivity contribution is -0.137. The molecular weight excluding hydrogens is 154 g/mol. The van der Waals surface area contributed by atoms with E-state index in [4.69, 9.17) is 5.11 Å². The third kappa shape index (κ3) is 7.54. The predicted molar refractivity (Wildman–Crippen MR) is 49.2 cm³/mol. The highest BCUT2D eigenvalue weighted by Crippen LogP contribution is 1.96. The molecule has 0 aliphatic heterocycles. The lowest BCUT2D eigenvalue weighted by atomic mass is 10.2. The molecule has 0 aromatic carbocycles. The second-order valence-electron chi connectivity index (χ2n) is 3.14. The van der Waals surface area contributed by atoms with Crippen LogP contribution in [0.25, 0.3) is 0 Å². The molecule has 72 valence electrons. The molecule has 1 unspecified atom stereocenters. The van der Waals surface area contributed by atoms with Crippen LogP contribution in [0.15, 0.2) is 0 Å². The Balaban J connectivity index is 3.21. The zero-order valence-corrected chi connectivity index (χ0v) is 7.97. The maximum Gasteiger partial charge on any atom is 0.303 e. The van der Waals surface area contributed by atoms with Gasteiger partial charge in [0.25, 0.3) is 0 Å². The molecule has 0 aromatic heterocycles. The number of rotatable bonds is 7. The van der Waals surface area contributed by atoms with Crippen LogP contribution in [0.2, 0.25) is 0 Å². The Bertz CT molecular complexity index is 126. The first-order valence-electron chi connectivity index (χ1n) is 4.62. The van der Waals surface area contributed by atoms with Gasteiger partial charge in [-0.15, -0.1) is 0 Å². The highest BCUT2D eigenvalue weighted by Gasteiger charge is 2.03. The summed E-state index contributed by atoms with van der Waals surface area (Å²) in [4.78, 5) is 10.2. The van der Waals surface area contributed by atoms with E-state index < -0.39 is 5.97 Å². The van der Waals surface area contributed by atoms with Gasteiger partial charge in [0.15, 0.2) is 0 Å². The number of carbonyl (C=O) groups is 1. The predicted octanol–water partition coefficient (Wildman–Crippen LogP) is 1.63. The molecule has 0 radical (unpaired) electrons. The summed E-state index contributed by atoms with van der Waals surface area (Å²) in [6, 6.07) is 0.327. The number of nitrogens with one attached hydrogen (secondary N) is 1. The molecular formula is C9H19NO2. The van der Waals surface area contributed by atoms with Gasteiger partial charge in [0.2, 0.25) is 0 Å². The third-order valence-electron chi connectivity index (χ3n) is 1.81. The maximum atomic E-state index is 10.2. The SMILES string of the molecule is CCCCNC(C)CCC(=O)O. The van der Waals surface area contributed by atoms with E-state index in [1.807, 2.05) is 6.92 Å². The van der Waals surface area contributed by atoms with Crippen molar-refractivity contribution in [2.75, 3.05) is 6.54 Å². The summed E-state index contributed by atoms with van der Waals surface area (Å²) in [6.45, 7) is 5.17. The van der Waals surface area contributed by atoms with E-state index in [1.165, 1.54) is 6.42 Å². The summed E-state index contributed by atoms with van der Waals surface area (Å²) in [7, 11) is 0. The molecule has 0 rings (SSSR count). The normalized spacial score (nSPS) is 12.8. The van der Waals surface area contributed by atoms with Crippen LogP contribution in [0.5, 0.6) is 0 Å². The van der Waals surface area contributed by atoms with Crippen molar-refractivity contribution in [2.45, 2.75) is 45.6 Å². The first kappa shape index (κ1) is 11.4. The van der Waals surface area contributed by atoms with Gasteiger partial charge in [-0.1, -0.05) is 13.3 Å². The van der Waals surface area contributed by atoms with Gasteiger partial charge >= 0.3 is 5.97 Å². The Morgan fingerprint density at radius 2 is 2.25 bits per heavy atom. The van der Waals surface area contributed by atoms with Crippen LogP contribution in [-0.4, -0.2) is 23.7 Å². The van der Waals surface area contributed by atoms with Crippen molar-refractivity contribution in [3.8, 4) is 0 Å². The largest absolute Gasteiger partial charge is 0.481 e. The molecule has 0 saturated carbocycles. The minimum absolute atomic E-state index is 0.264. The Morgan fingerprint density at radius 3 is 2.75 bits per heavy atom. The lowest BCUT2D eigenvalue weighted by Crippen LogP contribution is -2.27. The Hall–Kier alpha value is -0.570. The standard InChI is InChI=1S/C9H19NO2/c1-3-4-7-10-8(2)5-6-9(11)12/h8,10H,3-7H2,1-2H3,(H,11,12). The Morgan fingerprint density at radius 1 is 1.58 bits per heavy atom. The van der Waals surface area contributed by atoms with E-state index in [1.54, 1.807) is 0 Å². The fraction of sp³-hybridized carbons (Fsp3) is 0.889. The van der Waals surface area contributed by atoms with Gasteiger partial charge in [-0.3, -0.25) is 4.79 Å². The summed E-state index contributed by atoms with van der Waals surface area (Å²) in [5, 5.41) is 11.7. The molecule has 0 aliphatic carbocycles. The van der Waals surface area contributed by atoms with Gasteiger partial charge in [0.1, 0.15) is 0 Å². The first-order valence-corrected chi connectivity index (χ1v) is 4.62. The lowest BCUT2D eigenvalue weighted by Gasteiger charge is -2.11. The van der Waals surface area contributed by atoms with Crippen LogP contribution in [0, 0.1) is 0 Å². The smallest absolute Gasteiger partial charge is 0.303 e. The summed E-state index contributed by atoms with van der Waals surface area (Å²) < 4.78 is 0. The van der Waals surface area contributed by atoms with Crippen LogP contribution >= 0.6 is 0 Å². The average Bonchev–Trinajstić information content (AvgIpc) is 2.01. The monoisotopic (exact) mass is 173 g/mol. The zero-order chi connectivity index (χ0) is 9.40. The zero-order valence-electron chi connectivity index (χ0n) is 7.97. The topological polar surface area (TPSA) is 49.3 Å². The molecule has 0 heterocycles. The molecule has 0 amide bonds. The molecule has 0 aromatic rings. The maximum absolute atomic E-state index is 10.2. The second-order valence-corrected chi connectivity index (χ2v) is 3.14. The minimum atomic E-state index is -0.709. The van der Waals surface area contributed by atoms with Gasteiger partial charge in [-0.05, 0) is 26.3 Å². The number of carboxylic acid groups (broad SMARTS) is 1. The number of aliphatic carboxylic acids is 1. The van der Waals surface area contributed by atoms with Crippen molar-refractivity contribution in [1.82, 2.24) is 5.32 Å². The molecule has 3 nitrogen and oxygen atoms in total. The Kier molecular flexibility index (Phi) is 6.76. The van der Waals surface area contributed by atoms with E-state index >= 15 is 0 Å². The van der Waals surface area contributed by atoms with E-state index in [9.17, 15) is 4.79 Å². The fourth-order valence-corrected chi connectivity index (χ4v) is 0.967. The summed E-state index contributed by atoms with van der Waals surface area (Å²) in [6.07, 6.45) is 3.33. The van der Waals surface area contributed by atoms with Crippen LogP contribution in [-0.2, 0) is 4.79 Å². The molecule has 1 atom stereocenters. The molecule has 0 fully saturated rings. The third-order valence-corrected chi connectivity index (χ3v) is 1.81. The van der Waals surface area contributed by atoms with Crippen LogP contribution in [0.3, 0.4) is 0 Å². The van der Waals surface area contributed by atoms with Crippen molar-refractivity contribution in [1.29, 1.82) is 0 Å². The van der Waals surface area contributed by atoms with Gasteiger partial charge in [-0.25, -0.2) is 0 Å². The molecule has 0 saturated heterocycles. The quantitative estimate of drug-likeness (QED) is 0.575. The molecule has 2 N–H and O–H groups in total. The van der Waals surface area contributed by atoms with E-state index in [2.05, 4.69) is 12.2 Å². The first-order chi connectivity index (χ1) is 5.66. The van der Waals surface area contributed by atoms with Gasteiger partial charge < -0.3 is 10.4 Å². The summed E-state index contributed by atoms with van der Waals surface area (Å²) in [5.74, 6) is -0.709. The van der Waals surface area contributed by atoms with E-state index in [-0.39, 0.29) is 6.42 Å². The highest BCUT2D eigenvalue weighted by molar-refractivity contribution is 5.66. The van der Waals surface area contributed by atoms with Gasteiger partial charge in [-0.2, -0.15) is 0 Å². The van der Waals surface area contributed by atoms with Crippen molar-refractivity contribution in [2.24, 2.45) is 0 Å². The fourth-order valence-electron chi connectivity index (χ4n) is 0.967. The summed E-state index contributed by atoms with van der Waals surface area (Å²) >= 11 is 0. The van der Waals surface area contributed by atoms with Gasteiger partial charge in [0, 0.05) is 12.5 Å². The van der Waals surface area contributed by atoms with Crippen molar-refractivity contribution >= 4 is 5.97 Å². The van der Waals surface area contributed by atoms with Crippen molar-refractivity contribution < 1.29 is 9.90 Å².